The zero-order valence-electron chi connectivity index (χ0n) is 14.2. The van der Waals surface area contributed by atoms with Gasteiger partial charge in [0.2, 0.25) is 0 Å². The number of hydrogen-bond acceptors (Lipinski definition) is 2. The lowest BCUT2D eigenvalue weighted by atomic mass is 10.1. The van der Waals surface area contributed by atoms with Crippen LogP contribution in [0, 0.1) is 11.8 Å². The van der Waals surface area contributed by atoms with Gasteiger partial charge in [0.1, 0.15) is 0 Å². The molecule has 2 nitrogen and oxygen atoms in total. The van der Waals surface area contributed by atoms with Gasteiger partial charge in [-0.25, -0.2) is 0 Å². The SMILES string of the molecule is CCCNCCCCN(CCC(C)C)CCC(C)C. The van der Waals surface area contributed by atoms with Crippen molar-refractivity contribution in [3.63, 3.8) is 0 Å². The number of nitrogens with one attached hydrogen (secondary N) is 1. The molecule has 0 heterocycles. The number of hydrogen-bond donors (Lipinski definition) is 1. The minimum Gasteiger partial charge on any atom is -0.317 e. The van der Waals surface area contributed by atoms with Crippen molar-refractivity contribution in [2.24, 2.45) is 11.8 Å². The van der Waals surface area contributed by atoms with E-state index in [0.29, 0.717) is 0 Å². The van der Waals surface area contributed by atoms with E-state index in [1.54, 1.807) is 0 Å². The first kappa shape index (κ1) is 18.9. The van der Waals surface area contributed by atoms with Crippen LogP contribution in [-0.2, 0) is 0 Å². The molecule has 0 aromatic carbocycles. The lowest BCUT2D eigenvalue weighted by Crippen LogP contribution is -2.29. The van der Waals surface area contributed by atoms with Gasteiger partial charge in [0.05, 0.1) is 0 Å². The van der Waals surface area contributed by atoms with Crippen molar-refractivity contribution < 1.29 is 0 Å². The molecule has 0 aromatic rings. The van der Waals surface area contributed by atoms with Crippen LogP contribution in [0.2, 0.25) is 0 Å². The number of nitrogens with zero attached hydrogens (tertiary/aromatic N) is 1. The number of unbranched alkanes of at least 4 members (excludes halogenated alkanes) is 1. The van der Waals surface area contributed by atoms with Gasteiger partial charge in [-0.1, -0.05) is 34.6 Å². The van der Waals surface area contributed by atoms with Crippen molar-refractivity contribution >= 4 is 0 Å². The predicted molar refractivity (Wildman–Crippen MR) is 87.7 cm³/mol. The van der Waals surface area contributed by atoms with E-state index in [4.69, 9.17) is 0 Å². The lowest BCUT2D eigenvalue weighted by molar-refractivity contribution is 0.239. The van der Waals surface area contributed by atoms with Gasteiger partial charge >= 0.3 is 0 Å². The zero-order chi connectivity index (χ0) is 14.5. The first-order valence-electron chi connectivity index (χ1n) is 8.49. The minimum absolute atomic E-state index is 0.827. The van der Waals surface area contributed by atoms with Gasteiger partial charge in [-0.2, -0.15) is 0 Å². The summed E-state index contributed by atoms with van der Waals surface area (Å²) in [5.41, 5.74) is 0. The van der Waals surface area contributed by atoms with Crippen LogP contribution in [0.15, 0.2) is 0 Å². The van der Waals surface area contributed by atoms with E-state index >= 15 is 0 Å². The van der Waals surface area contributed by atoms with Crippen LogP contribution in [0.1, 0.15) is 66.7 Å². The van der Waals surface area contributed by atoms with Crippen LogP contribution < -0.4 is 5.32 Å². The minimum atomic E-state index is 0.827. The zero-order valence-corrected chi connectivity index (χ0v) is 14.2. The van der Waals surface area contributed by atoms with E-state index in [1.165, 1.54) is 64.8 Å². The monoisotopic (exact) mass is 270 g/mol. The molecule has 0 aliphatic carbocycles. The summed E-state index contributed by atoms with van der Waals surface area (Å²) in [6.07, 6.45) is 6.58. The van der Waals surface area contributed by atoms with Gasteiger partial charge in [0.15, 0.2) is 0 Å². The molecule has 116 valence electrons. The maximum atomic E-state index is 3.49. The summed E-state index contributed by atoms with van der Waals surface area (Å²) < 4.78 is 0. The Morgan fingerprint density at radius 3 is 1.84 bits per heavy atom. The first-order valence-corrected chi connectivity index (χ1v) is 8.49. The Labute approximate surface area is 122 Å². The van der Waals surface area contributed by atoms with Crippen molar-refractivity contribution in [1.82, 2.24) is 10.2 Å². The summed E-state index contributed by atoms with van der Waals surface area (Å²) in [5, 5.41) is 3.49. The molecule has 0 unspecified atom stereocenters. The quantitative estimate of drug-likeness (QED) is 0.506. The van der Waals surface area contributed by atoms with E-state index in [2.05, 4.69) is 44.8 Å². The molecule has 1 N–H and O–H groups in total. The highest BCUT2D eigenvalue weighted by molar-refractivity contribution is 4.62. The molecule has 0 rings (SSSR count). The summed E-state index contributed by atoms with van der Waals surface area (Å²) in [6.45, 7) is 17.8. The average Bonchev–Trinajstić information content (AvgIpc) is 2.35. The molecule has 0 amide bonds. The highest BCUT2D eigenvalue weighted by Gasteiger charge is 2.07. The van der Waals surface area contributed by atoms with Crippen molar-refractivity contribution in [3.8, 4) is 0 Å². The third kappa shape index (κ3) is 14.1. The number of rotatable bonds is 13. The molecule has 2 heteroatoms. The predicted octanol–water partition coefficient (Wildman–Crippen LogP) is 4.16. The summed E-state index contributed by atoms with van der Waals surface area (Å²) in [5.74, 6) is 1.65. The third-order valence-corrected chi connectivity index (χ3v) is 3.55. The maximum Gasteiger partial charge on any atom is -0.00163 e. The first-order chi connectivity index (χ1) is 9.06. The molecular weight excluding hydrogens is 232 g/mol. The molecular formula is C17H38N2. The Balaban J connectivity index is 3.71. The molecule has 0 aliphatic rings. The Morgan fingerprint density at radius 2 is 1.37 bits per heavy atom. The lowest BCUT2D eigenvalue weighted by Gasteiger charge is -2.24. The topological polar surface area (TPSA) is 15.3 Å². The standard InChI is InChI=1S/C17H38N2/c1-6-11-18-12-7-8-13-19(14-9-16(2)3)15-10-17(4)5/h16-18H,6-15H2,1-5H3. The average molecular weight is 271 g/mol. The normalized spacial score (nSPS) is 12.0. The van der Waals surface area contributed by atoms with Crippen LogP contribution in [0.5, 0.6) is 0 Å². The van der Waals surface area contributed by atoms with Crippen molar-refractivity contribution in [3.05, 3.63) is 0 Å². The molecule has 0 spiro atoms. The Morgan fingerprint density at radius 1 is 0.789 bits per heavy atom. The second-order valence-electron chi connectivity index (χ2n) is 6.66. The highest BCUT2D eigenvalue weighted by atomic mass is 15.1. The molecule has 0 fully saturated rings. The van der Waals surface area contributed by atoms with Crippen LogP contribution in [0.25, 0.3) is 0 Å². The van der Waals surface area contributed by atoms with Gasteiger partial charge < -0.3 is 10.2 Å². The fourth-order valence-electron chi connectivity index (χ4n) is 2.10. The molecule has 0 aromatic heterocycles. The van der Waals surface area contributed by atoms with E-state index in [0.717, 1.165) is 11.8 Å². The maximum absolute atomic E-state index is 3.49. The van der Waals surface area contributed by atoms with Crippen LogP contribution in [-0.4, -0.2) is 37.6 Å². The van der Waals surface area contributed by atoms with Gasteiger partial charge in [-0.05, 0) is 76.7 Å². The van der Waals surface area contributed by atoms with Gasteiger partial charge in [0, 0.05) is 0 Å². The van der Waals surface area contributed by atoms with Gasteiger partial charge in [0.25, 0.3) is 0 Å². The fraction of sp³-hybridized carbons (Fsp3) is 1.00. The molecule has 0 atom stereocenters. The third-order valence-electron chi connectivity index (χ3n) is 3.55. The largest absolute Gasteiger partial charge is 0.317 e. The van der Waals surface area contributed by atoms with Crippen LogP contribution in [0.4, 0.5) is 0 Å². The summed E-state index contributed by atoms with van der Waals surface area (Å²) >= 11 is 0. The van der Waals surface area contributed by atoms with Crippen molar-refractivity contribution in [2.45, 2.75) is 66.7 Å². The van der Waals surface area contributed by atoms with E-state index in [-0.39, 0.29) is 0 Å². The summed E-state index contributed by atoms with van der Waals surface area (Å²) in [6, 6.07) is 0. The Bertz CT molecular complexity index is 166. The second kappa shape index (κ2) is 12.9. The van der Waals surface area contributed by atoms with Crippen molar-refractivity contribution in [1.29, 1.82) is 0 Å². The molecule has 0 saturated heterocycles. The van der Waals surface area contributed by atoms with Gasteiger partial charge in [-0.15, -0.1) is 0 Å². The molecule has 0 aliphatic heterocycles. The highest BCUT2D eigenvalue weighted by Crippen LogP contribution is 2.07. The fourth-order valence-corrected chi connectivity index (χ4v) is 2.10. The molecule has 0 radical (unpaired) electrons. The summed E-state index contributed by atoms with van der Waals surface area (Å²) in [7, 11) is 0. The molecule has 0 saturated carbocycles. The van der Waals surface area contributed by atoms with E-state index < -0.39 is 0 Å². The van der Waals surface area contributed by atoms with E-state index in [9.17, 15) is 0 Å². The Kier molecular flexibility index (Phi) is 12.9. The molecule has 0 bridgehead atoms. The van der Waals surface area contributed by atoms with Crippen LogP contribution in [0.3, 0.4) is 0 Å². The molecule has 19 heavy (non-hydrogen) atoms. The van der Waals surface area contributed by atoms with E-state index in [1.807, 2.05) is 0 Å². The Hall–Kier alpha value is -0.0800. The second-order valence-corrected chi connectivity index (χ2v) is 6.66. The van der Waals surface area contributed by atoms with Gasteiger partial charge in [-0.3, -0.25) is 0 Å². The van der Waals surface area contributed by atoms with Crippen molar-refractivity contribution in [2.75, 3.05) is 32.7 Å². The smallest absolute Gasteiger partial charge is 0.00163 e. The van der Waals surface area contributed by atoms with Crippen LogP contribution >= 0.6 is 0 Å². The summed E-state index contributed by atoms with van der Waals surface area (Å²) in [4.78, 5) is 2.68.